The molecule has 0 saturated carbocycles. The molecule has 0 spiro atoms. The Kier molecular flexibility index (Phi) is 5.96. The maximum Gasteiger partial charge on any atom is 0.219 e. The highest BCUT2D eigenvalue weighted by Gasteiger charge is 2.21. The van der Waals surface area contributed by atoms with Crippen molar-refractivity contribution < 1.29 is 13.6 Å². The number of nitrogens with two attached hydrogens (primary N) is 1. The molecule has 1 amide bonds. The maximum atomic E-state index is 13.2. The second-order valence-electron chi connectivity index (χ2n) is 7.17. The normalized spacial score (nSPS) is 14.9. The van der Waals surface area contributed by atoms with Gasteiger partial charge in [0, 0.05) is 44.8 Å². The van der Waals surface area contributed by atoms with Crippen molar-refractivity contribution in [2.75, 3.05) is 31.1 Å². The van der Waals surface area contributed by atoms with Crippen molar-refractivity contribution in [3.8, 4) is 11.6 Å². The fourth-order valence-corrected chi connectivity index (χ4v) is 3.81. The molecule has 0 bridgehead atoms. The number of halogens is 1. The molecule has 2 aromatic heterocycles. The monoisotopic (exact) mass is 430 g/mol. The van der Waals surface area contributed by atoms with Crippen LogP contribution in [0.5, 0.6) is 0 Å². The number of carbonyl (C=O) groups is 1. The van der Waals surface area contributed by atoms with E-state index < -0.39 is 5.91 Å². The van der Waals surface area contributed by atoms with E-state index in [0.29, 0.717) is 29.6 Å². The Balaban J connectivity index is 1.47. The van der Waals surface area contributed by atoms with Gasteiger partial charge in [-0.1, -0.05) is 0 Å². The van der Waals surface area contributed by atoms with Crippen LogP contribution in [-0.4, -0.2) is 51.3 Å². The third kappa shape index (κ3) is 4.44. The topological polar surface area (TPSA) is 85.5 Å². The summed E-state index contributed by atoms with van der Waals surface area (Å²) < 4.78 is 22.7. The minimum atomic E-state index is -0.396. The molecule has 1 aliphatic rings. The number of nitrogens with zero attached hydrogens (tertiary/aromatic N) is 5. The summed E-state index contributed by atoms with van der Waals surface area (Å²) in [6.07, 6.45) is 1.74. The molecule has 0 radical (unpaired) electrons. The lowest BCUT2D eigenvalue weighted by molar-refractivity contribution is -0.118. The number of piperazine rings is 1. The van der Waals surface area contributed by atoms with Crippen LogP contribution in [0, 0.1) is 10.6 Å². The second-order valence-corrected chi connectivity index (χ2v) is 7.54. The minimum Gasteiger partial charge on any atom is -0.461 e. The molecule has 3 heterocycles. The summed E-state index contributed by atoms with van der Waals surface area (Å²) in [5.74, 6) is 0.541. The lowest BCUT2D eigenvalue weighted by atomic mass is 10.2. The van der Waals surface area contributed by atoms with Crippen LogP contribution in [0.1, 0.15) is 6.42 Å². The standard InChI is InChI=1S/C20H23FN6O2S/c21-15-3-5-16(6-4-15)25-11-9-24(10-12-25)14-27-20(30)26(8-7-18(22)28)19(23-27)17-2-1-13-29-17/h1-6,13H,7-12,14H2,(H2,22,28). The molecule has 0 unspecified atom stereocenters. The number of benzene rings is 1. The highest BCUT2D eigenvalue weighted by atomic mass is 32.1. The van der Waals surface area contributed by atoms with Gasteiger partial charge >= 0.3 is 0 Å². The van der Waals surface area contributed by atoms with Crippen molar-refractivity contribution in [2.24, 2.45) is 5.73 Å². The molecule has 0 aliphatic carbocycles. The molecule has 30 heavy (non-hydrogen) atoms. The van der Waals surface area contributed by atoms with Gasteiger partial charge in [-0.25, -0.2) is 9.07 Å². The van der Waals surface area contributed by atoms with Crippen molar-refractivity contribution in [3.63, 3.8) is 0 Å². The number of hydrogen-bond acceptors (Lipinski definition) is 6. The number of rotatable bonds is 7. The van der Waals surface area contributed by atoms with E-state index in [1.807, 2.05) is 6.07 Å². The maximum absolute atomic E-state index is 13.2. The Morgan fingerprint density at radius 1 is 1.17 bits per heavy atom. The molecule has 10 heteroatoms. The first kappa shape index (κ1) is 20.3. The lowest BCUT2D eigenvalue weighted by Crippen LogP contribution is -2.47. The van der Waals surface area contributed by atoms with Crippen molar-refractivity contribution in [2.45, 2.75) is 19.6 Å². The van der Waals surface area contributed by atoms with Gasteiger partial charge in [-0.15, -0.1) is 5.10 Å². The predicted octanol–water partition coefficient (Wildman–Crippen LogP) is 2.47. The molecule has 1 saturated heterocycles. The van der Waals surface area contributed by atoms with Crippen LogP contribution in [0.3, 0.4) is 0 Å². The predicted molar refractivity (Wildman–Crippen MR) is 113 cm³/mol. The zero-order chi connectivity index (χ0) is 21.1. The van der Waals surface area contributed by atoms with Crippen molar-refractivity contribution in [1.82, 2.24) is 19.2 Å². The fraction of sp³-hybridized carbons (Fsp3) is 0.350. The van der Waals surface area contributed by atoms with Crippen LogP contribution in [0.2, 0.25) is 0 Å². The number of amides is 1. The van der Waals surface area contributed by atoms with E-state index in [1.54, 1.807) is 33.7 Å². The van der Waals surface area contributed by atoms with Gasteiger partial charge < -0.3 is 15.1 Å². The largest absolute Gasteiger partial charge is 0.461 e. The van der Waals surface area contributed by atoms with Gasteiger partial charge in [0.1, 0.15) is 5.82 Å². The van der Waals surface area contributed by atoms with Crippen LogP contribution in [0.4, 0.5) is 10.1 Å². The Hall–Kier alpha value is -2.98. The van der Waals surface area contributed by atoms with Gasteiger partial charge in [0.15, 0.2) is 16.4 Å². The van der Waals surface area contributed by atoms with Crippen molar-refractivity contribution in [3.05, 3.63) is 53.2 Å². The highest BCUT2D eigenvalue weighted by Crippen LogP contribution is 2.21. The molecule has 2 N–H and O–H groups in total. The number of primary amides is 1. The number of hydrogen-bond donors (Lipinski definition) is 1. The van der Waals surface area contributed by atoms with Crippen LogP contribution < -0.4 is 10.6 Å². The van der Waals surface area contributed by atoms with Crippen molar-refractivity contribution in [1.29, 1.82) is 0 Å². The second kappa shape index (κ2) is 8.80. The molecule has 3 aromatic rings. The van der Waals surface area contributed by atoms with E-state index in [1.165, 1.54) is 12.1 Å². The Morgan fingerprint density at radius 3 is 2.53 bits per heavy atom. The lowest BCUT2D eigenvalue weighted by Gasteiger charge is -2.35. The number of carbonyl (C=O) groups excluding carboxylic acids is 1. The number of furan rings is 1. The highest BCUT2D eigenvalue weighted by molar-refractivity contribution is 7.71. The van der Waals surface area contributed by atoms with Gasteiger partial charge in [-0.3, -0.25) is 14.3 Å². The van der Waals surface area contributed by atoms with Crippen LogP contribution in [0.25, 0.3) is 11.6 Å². The van der Waals surface area contributed by atoms with Crippen LogP contribution >= 0.6 is 12.2 Å². The van der Waals surface area contributed by atoms with Crippen LogP contribution in [-0.2, 0) is 18.0 Å². The summed E-state index contributed by atoms with van der Waals surface area (Å²) in [6, 6.07) is 10.2. The Morgan fingerprint density at radius 2 is 1.90 bits per heavy atom. The summed E-state index contributed by atoms with van der Waals surface area (Å²) in [4.78, 5) is 15.8. The molecular formula is C20H23FN6O2S. The molecule has 1 aromatic carbocycles. The van der Waals surface area contributed by atoms with E-state index in [4.69, 9.17) is 22.4 Å². The molecule has 1 fully saturated rings. The van der Waals surface area contributed by atoms with Crippen LogP contribution in [0.15, 0.2) is 47.1 Å². The minimum absolute atomic E-state index is 0.171. The molecule has 158 valence electrons. The van der Waals surface area contributed by atoms with Gasteiger partial charge in [0.25, 0.3) is 0 Å². The van der Waals surface area contributed by atoms with E-state index in [0.717, 1.165) is 31.9 Å². The SMILES string of the molecule is NC(=O)CCn1c(-c2ccco2)nn(CN2CCN(c3ccc(F)cc3)CC2)c1=S. The summed E-state index contributed by atoms with van der Waals surface area (Å²) in [7, 11) is 0. The first-order valence-electron chi connectivity index (χ1n) is 9.74. The Bertz CT molecular complexity index is 1050. The van der Waals surface area contributed by atoms with E-state index in [9.17, 15) is 9.18 Å². The average Bonchev–Trinajstić information content (AvgIpc) is 3.37. The molecule has 0 atom stereocenters. The van der Waals surface area contributed by atoms with Gasteiger partial charge in [-0.2, -0.15) is 0 Å². The van der Waals surface area contributed by atoms with E-state index in [2.05, 4.69) is 14.9 Å². The first-order valence-corrected chi connectivity index (χ1v) is 10.1. The zero-order valence-corrected chi connectivity index (χ0v) is 17.2. The summed E-state index contributed by atoms with van der Waals surface area (Å²) in [5, 5.41) is 4.64. The Labute approximate surface area is 178 Å². The third-order valence-corrected chi connectivity index (χ3v) is 5.58. The number of aromatic nitrogens is 3. The zero-order valence-electron chi connectivity index (χ0n) is 16.4. The molecule has 8 nitrogen and oxygen atoms in total. The smallest absolute Gasteiger partial charge is 0.219 e. The van der Waals surface area contributed by atoms with Gasteiger partial charge in [0.05, 0.1) is 12.9 Å². The molecule has 4 rings (SSSR count). The van der Waals surface area contributed by atoms with Crippen molar-refractivity contribution >= 4 is 23.8 Å². The molecular weight excluding hydrogens is 407 g/mol. The quantitative estimate of drug-likeness (QED) is 0.580. The fourth-order valence-electron chi connectivity index (χ4n) is 3.53. The average molecular weight is 431 g/mol. The third-order valence-electron chi connectivity index (χ3n) is 5.14. The summed E-state index contributed by atoms with van der Waals surface area (Å²) in [6.45, 7) is 4.18. The number of anilines is 1. The van der Waals surface area contributed by atoms with E-state index in [-0.39, 0.29) is 12.2 Å². The summed E-state index contributed by atoms with van der Waals surface area (Å²) >= 11 is 5.62. The first-order chi connectivity index (χ1) is 14.5. The van der Waals surface area contributed by atoms with Gasteiger partial charge in [-0.05, 0) is 48.6 Å². The van der Waals surface area contributed by atoms with E-state index >= 15 is 0 Å². The molecule has 1 aliphatic heterocycles. The summed E-state index contributed by atoms with van der Waals surface area (Å²) in [5.41, 5.74) is 6.33. The van der Waals surface area contributed by atoms with Gasteiger partial charge in [0.2, 0.25) is 5.91 Å².